The molecule has 0 radical (unpaired) electrons. The van der Waals surface area contributed by atoms with Gasteiger partial charge in [-0.05, 0) is 31.0 Å². The molecule has 0 spiro atoms. The summed E-state index contributed by atoms with van der Waals surface area (Å²) in [5.74, 6) is 0.592. The number of piperazine rings is 1. The number of carbonyl (C=O) groups excluding carboxylic acids is 1. The van der Waals surface area contributed by atoms with Gasteiger partial charge < -0.3 is 14.7 Å². The van der Waals surface area contributed by atoms with E-state index in [0.29, 0.717) is 59.5 Å². The third kappa shape index (κ3) is 4.92. The van der Waals surface area contributed by atoms with Gasteiger partial charge in [0.05, 0.1) is 16.9 Å². The van der Waals surface area contributed by atoms with E-state index in [0.717, 1.165) is 38.2 Å². The second-order valence-electron chi connectivity index (χ2n) is 8.66. The summed E-state index contributed by atoms with van der Waals surface area (Å²) in [7, 11) is 0. The number of anilines is 1. The fourth-order valence-electron chi connectivity index (χ4n) is 4.44. The van der Waals surface area contributed by atoms with Gasteiger partial charge in [0.15, 0.2) is 0 Å². The van der Waals surface area contributed by atoms with Crippen LogP contribution >= 0.6 is 11.6 Å². The minimum Gasteiger partial charge on any atom is -0.352 e. The van der Waals surface area contributed by atoms with Gasteiger partial charge in [0.25, 0.3) is 0 Å². The number of pyridine rings is 2. The third-order valence-electron chi connectivity index (χ3n) is 6.37. The molecule has 2 fully saturated rings. The summed E-state index contributed by atoms with van der Waals surface area (Å²) in [5.41, 5.74) is 0.721. The van der Waals surface area contributed by atoms with Crippen LogP contribution in [0.3, 0.4) is 0 Å². The van der Waals surface area contributed by atoms with Crippen LogP contribution in [0.5, 0.6) is 0 Å². The van der Waals surface area contributed by atoms with Crippen molar-refractivity contribution in [2.24, 2.45) is 0 Å². The molecule has 2 aliphatic rings. The number of rotatable bonds is 3. The van der Waals surface area contributed by atoms with Crippen molar-refractivity contribution in [1.82, 2.24) is 29.7 Å². The summed E-state index contributed by atoms with van der Waals surface area (Å²) in [6.45, 7) is 3.90. The van der Waals surface area contributed by atoms with Crippen LogP contribution in [-0.4, -0.2) is 75.0 Å². The molecule has 0 aromatic carbocycles. The molecule has 0 atom stereocenters. The molecule has 0 bridgehead atoms. The van der Waals surface area contributed by atoms with E-state index in [-0.39, 0.29) is 6.03 Å². The predicted octanol–water partition coefficient (Wildman–Crippen LogP) is 4.61. The van der Waals surface area contributed by atoms with Gasteiger partial charge in [-0.3, -0.25) is 15.0 Å². The summed E-state index contributed by atoms with van der Waals surface area (Å²) >= 11 is 6.40. The zero-order chi connectivity index (χ0) is 25.3. The van der Waals surface area contributed by atoms with Gasteiger partial charge in [0.1, 0.15) is 17.2 Å². The third-order valence-corrected chi connectivity index (χ3v) is 6.67. The average Bonchev–Trinajstić information content (AvgIpc) is 3.43. The number of hydrogen-bond acceptors (Lipinski definition) is 6. The quantitative estimate of drug-likeness (QED) is 0.505. The molecule has 3 aromatic rings. The topological polar surface area (TPSA) is 78.4 Å². The molecule has 2 saturated heterocycles. The Morgan fingerprint density at radius 3 is 2.22 bits per heavy atom. The first-order chi connectivity index (χ1) is 17.3. The van der Waals surface area contributed by atoms with E-state index in [1.54, 1.807) is 18.5 Å². The van der Waals surface area contributed by atoms with Gasteiger partial charge in [-0.25, -0.2) is 9.78 Å². The SMILES string of the molecule is O=C(N1CCCC1)N1CCN(c2cnc(-c3ccc(C(F)(F)F)nc3)c(-c3ccncc3Cl)n2)CC1. The Balaban J connectivity index is 1.43. The first-order valence-electron chi connectivity index (χ1n) is 11.6. The Morgan fingerprint density at radius 1 is 0.861 bits per heavy atom. The molecule has 12 heteroatoms. The van der Waals surface area contributed by atoms with Crippen molar-refractivity contribution < 1.29 is 18.0 Å². The van der Waals surface area contributed by atoms with Gasteiger partial charge in [0.2, 0.25) is 0 Å². The highest BCUT2D eigenvalue weighted by Crippen LogP contribution is 2.35. The van der Waals surface area contributed by atoms with Crippen LogP contribution in [0, 0.1) is 0 Å². The second-order valence-corrected chi connectivity index (χ2v) is 9.07. The Bertz CT molecular complexity index is 1240. The van der Waals surface area contributed by atoms with Crippen LogP contribution < -0.4 is 4.90 Å². The molecule has 8 nitrogen and oxygen atoms in total. The lowest BCUT2D eigenvalue weighted by atomic mass is 10.1. The number of amides is 2. The Morgan fingerprint density at radius 2 is 1.58 bits per heavy atom. The lowest BCUT2D eigenvalue weighted by Crippen LogP contribution is -2.52. The highest BCUT2D eigenvalue weighted by Gasteiger charge is 2.32. The number of aromatic nitrogens is 4. The van der Waals surface area contributed by atoms with Crippen LogP contribution in [0.2, 0.25) is 5.02 Å². The maximum absolute atomic E-state index is 13.0. The van der Waals surface area contributed by atoms with E-state index < -0.39 is 11.9 Å². The molecule has 0 unspecified atom stereocenters. The molecule has 0 N–H and O–H groups in total. The standard InChI is InChI=1S/C24H23ClF3N7O/c25-18-14-29-6-5-17(18)22-21(16-3-4-19(30-13-16)24(26,27)28)31-15-20(32-22)33-9-11-35(12-10-33)23(36)34-7-1-2-8-34/h3-6,13-15H,1-2,7-12H2. The van der Waals surface area contributed by atoms with E-state index in [9.17, 15) is 18.0 Å². The van der Waals surface area contributed by atoms with Crippen molar-refractivity contribution in [2.75, 3.05) is 44.2 Å². The fourth-order valence-corrected chi connectivity index (χ4v) is 4.64. The average molecular weight is 518 g/mol. The van der Waals surface area contributed by atoms with Crippen molar-refractivity contribution in [1.29, 1.82) is 0 Å². The van der Waals surface area contributed by atoms with Gasteiger partial charge in [-0.1, -0.05) is 11.6 Å². The van der Waals surface area contributed by atoms with Crippen molar-refractivity contribution in [2.45, 2.75) is 19.0 Å². The van der Waals surface area contributed by atoms with Crippen LogP contribution in [-0.2, 0) is 6.18 Å². The molecule has 2 amide bonds. The van der Waals surface area contributed by atoms with E-state index >= 15 is 0 Å². The van der Waals surface area contributed by atoms with E-state index in [1.165, 1.54) is 12.3 Å². The highest BCUT2D eigenvalue weighted by atomic mass is 35.5. The number of alkyl halides is 3. The maximum atomic E-state index is 13.0. The Hall–Kier alpha value is -3.47. The molecule has 5 heterocycles. The first kappa shape index (κ1) is 24.2. The van der Waals surface area contributed by atoms with Crippen molar-refractivity contribution in [3.8, 4) is 22.5 Å². The van der Waals surface area contributed by atoms with Gasteiger partial charge >= 0.3 is 12.2 Å². The van der Waals surface area contributed by atoms with E-state index in [4.69, 9.17) is 16.6 Å². The predicted molar refractivity (Wildman–Crippen MR) is 128 cm³/mol. The number of likely N-dealkylation sites (tertiary alicyclic amines) is 1. The molecular formula is C24H23ClF3N7O. The monoisotopic (exact) mass is 517 g/mol. The van der Waals surface area contributed by atoms with Crippen molar-refractivity contribution in [3.05, 3.63) is 53.7 Å². The van der Waals surface area contributed by atoms with Gasteiger partial charge in [-0.15, -0.1) is 0 Å². The van der Waals surface area contributed by atoms with Gasteiger partial charge in [-0.2, -0.15) is 13.2 Å². The minimum absolute atomic E-state index is 0.0765. The van der Waals surface area contributed by atoms with Crippen molar-refractivity contribution in [3.63, 3.8) is 0 Å². The normalized spacial score (nSPS) is 16.5. The molecule has 2 aliphatic heterocycles. The number of nitrogens with zero attached hydrogens (tertiary/aromatic N) is 7. The molecule has 36 heavy (non-hydrogen) atoms. The summed E-state index contributed by atoms with van der Waals surface area (Å²) in [6.07, 6.45) is 3.31. The molecule has 0 aliphatic carbocycles. The number of urea groups is 1. The Kier molecular flexibility index (Phi) is 6.65. The van der Waals surface area contributed by atoms with Crippen LogP contribution in [0.1, 0.15) is 18.5 Å². The van der Waals surface area contributed by atoms with Crippen LogP contribution in [0.25, 0.3) is 22.5 Å². The summed E-state index contributed by atoms with van der Waals surface area (Å²) < 4.78 is 39.0. The number of carbonyl (C=O) groups is 1. The minimum atomic E-state index is -4.54. The summed E-state index contributed by atoms with van der Waals surface area (Å²) in [5, 5.41) is 0.339. The summed E-state index contributed by atoms with van der Waals surface area (Å²) in [4.78, 5) is 35.4. The molecular weight excluding hydrogens is 495 g/mol. The second kappa shape index (κ2) is 9.88. The Labute approximate surface area is 210 Å². The first-order valence-corrected chi connectivity index (χ1v) is 12.0. The number of halogens is 4. The van der Waals surface area contributed by atoms with Crippen molar-refractivity contribution >= 4 is 23.4 Å². The van der Waals surface area contributed by atoms with E-state index in [1.807, 2.05) is 14.7 Å². The largest absolute Gasteiger partial charge is 0.433 e. The molecule has 3 aromatic heterocycles. The highest BCUT2D eigenvalue weighted by molar-refractivity contribution is 6.33. The zero-order valence-electron chi connectivity index (χ0n) is 19.2. The molecule has 188 valence electrons. The van der Waals surface area contributed by atoms with Crippen LogP contribution in [0.4, 0.5) is 23.8 Å². The van der Waals surface area contributed by atoms with E-state index in [2.05, 4.69) is 15.0 Å². The lowest BCUT2D eigenvalue weighted by molar-refractivity contribution is -0.141. The zero-order valence-corrected chi connectivity index (χ0v) is 20.0. The smallest absolute Gasteiger partial charge is 0.352 e. The summed E-state index contributed by atoms with van der Waals surface area (Å²) in [6, 6.07) is 4.00. The fraction of sp³-hybridized carbons (Fsp3) is 0.375. The maximum Gasteiger partial charge on any atom is 0.433 e. The lowest BCUT2D eigenvalue weighted by Gasteiger charge is -2.37. The van der Waals surface area contributed by atoms with Crippen LogP contribution in [0.15, 0.2) is 43.0 Å². The molecule has 5 rings (SSSR count). The molecule has 0 saturated carbocycles. The van der Waals surface area contributed by atoms with Gasteiger partial charge in [0, 0.05) is 69.0 Å². The number of hydrogen-bond donors (Lipinski definition) is 0.